The number of fused-ring (bicyclic) bond motifs is 2. The molecule has 0 saturated heterocycles. The lowest BCUT2D eigenvalue weighted by Gasteiger charge is -2.24. The van der Waals surface area contributed by atoms with Gasteiger partial charge in [0.25, 0.3) is 0 Å². The molecule has 3 aliphatic rings. The zero-order valence-electron chi connectivity index (χ0n) is 27.4. The minimum atomic E-state index is -0.785. The van der Waals surface area contributed by atoms with Crippen LogP contribution in [0.3, 0.4) is 0 Å². The first-order chi connectivity index (χ1) is 24.0. The van der Waals surface area contributed by atoms with Gasteiger partial charge >= 0.3 is 35.8 Å². The average molecular weight is 671 g/mol. The summed E-state index contributed by atoms with van der Waals surface area (Å²) in [5.41, 5.74) is 5.65. The minimum absolute atomic E-state index is 0.0442. The molecule has 0 aromatic heterocycles. The number of hydrogen-bond acceptors (Lipinski definition) is 10. The lowest BCUT2D eigenvalue weighted by molar-refractivity contribution is 0.0425. The lowest BCUT2D eigenvalue weighted by Crippen LogP contribution is -2.12. The van der Waals surface area contributed by atoms with Crippen LogP contribution in [0, 0.1) is 6.92 Å². The lowest BCUT2D eigenvalue weighted by atomic mass is 9.81. The van der Waals surface area contributed by atoms with Crippen molar-refractivity contribution in [1.29, 1.82) is 0 Å². The second kappa shape index (κ2) is 12.7. The largest absolute Gasteiger partial charge is 0.423 e. The Labute approximate surface area is 286 Å². The third-order valence-corrected chi connectivity index (χ3v) is 9.25. The van der Waals surface area contributed by atoms with Crippen LogP contribution < -0.4 is 9.47 Å². The fourth-order valence-corrected chi connectivity index (χ4v) is 6.47. The Kier molecular flexibility index (Phi) is 8.23. The van der Waals surface area contributed by atoms with Crippen LogP contribution in [0.4, 0.5) is 0 Å². The summed E-state index contributed by atoms with van der Waals surface area (Å²) in [6.07, 6.45) is 4.79. The van der Waals surface area contributed by atoms with Gasteiger partial charge in [-0.1, -0.05) is 38.1 Å². The van der Waals surface area contributed by atoms with Crippen molar-refractivity contribution in [2.45, 2.75) is 51.9 Å². The Morgan fingerprint density at radius 3 is 1.78 bits per heavy atom. The predicted octanol–water partition coefficient (Wildman–Crippen LogP) is 7.53. The van der Waals surface area contributed by atoms with E-state index in [4.69, 9.17) is 9.47 Å². The van der Waals surface area contributed by atoms with Crippen molar-refractivity contribution in [2.75, 3.05) is 0 Å². The molecule has 0 amide bonds. The molecule has 4 aromatic rings. The van der Waals surface area contributed by atoms with Gasteiger partial charge in [-0.3, -0.25) is 0 Å². The molecule has 1 aliphatic carbocycles. The Bertz CT molecular complexity index is 2210. The number of ether oxygens (including phenoxy) is 4. The van der Waals surface area contributed by atoms with Gasteiger partial charge < -0.3 is 18.9 Å². The van der Waals surface area contributed by atoms with Crippen molar-refractivity contribution >= 4 is 41.4 Å². The molecule has 0 radical (unpaired) electrons. The van der Waals surface area contributed by atoms with Gasteiger partial charge in [0.15, 0.2) is 0 Å². The van der Waals surface area contributed by atoms with E-state index in [0.29, 0.717) is 11.5 Å². The van der Waals surface area contributed by atoms with Crippen LogP contribution in [0.1, 0.15) is 129 Å². The fourth-order valence-electron chi connectivity index (χ4n) is 6.47. The molecule has 0 bridgehead atoms. The van der Waals surface area contributed by atoms with Crippen LogP contribution in [0.25, 0.3) is 5.57 Å². The van der Waals surface area contributed by atoms with Gasteiger partial charge in [-0.05, 0) is 120 Å². The molecule has 250 valence electrons. The van der Waals surface area contributed by atoms with E-state index in [1.165, 1.54) is 42.0 Å². The van der Waals surface area contributed by atoms with Crippen LogP contribution in [0.2, 0.25) is 0 Å². The molecule has 2 heterocycles. The first kappa shape index (κ1) is 32.4. The summed E-state index contributed by atoms with van der Waals surface area (Å²) < 4.78 is 20.6. The first-order valence-corrected chi connectivity index (χ1v) is 16.2. The van der Waals surface area contributed by atoms with E-state index < -0.39 is 35.8 Å². The highest BCUT2D eigenvalue weighted by molar-refractivity contribution is 6.16. The third kappa shape index (κ3) is 6.00. The van der Waals surface area contributed by atoms with Gasteiger partial charge in [0.1, 0.15) is 11.5 Å². The van der Waals surface area contributed by atoms with Crippen LogP contribution >= 0.6 is 0 Å². The molecule has 0 saturated carbocycles. The highest BCUT2D eigenvalue weighted by atomic mass is 16.6. The van der Waals surface area contributed by atoms with E-state index in [-0.39, 0.29) is 45.2 Å². The zero-order valence-corrected chi connectivity index (χ0v) is 27.4. The Hall–Kier alpha value is -6.16. The van der Waals surface area contributed by atoms with Gasteiger partial charge in [0, 0.05) is 0 Å². The predicted molar refractivity (Wildman–Crippen MR) is 179 cm³/mol. The van der Waals surface area contributed by atoms with Crippen LogP contribution in [-0.2, 0) is 9.47 Å². The van der Waals surface area contributed by atoms with Crippen LogP contribution in [0.15, 0.2) is 78.9 Å². The number of rotatable bonds is 7. The number of aryl methyl sites for hydroxylation is 1. The normalized spacial score (nSPS) is 16.4. The summed E-state index contributed by atoms with van der Waals surface area (Å²) in [5.74, 6) is -3.17. The SMILES string of the molecule is Cc1cc(C2CC=C(c3ccc(OC(=O)c4ccc5c(c4)C(=O)OC5=O)c(C(C)C)c3)CC2)ccc1OC(=O)c1ccc2c(c1)C(=O)OC2=O. The molecule has 10 nitrogen and oxygen atoms in total. The first-order valence-electron chi connectivity index (χ1n) is 16.2. The number of cyclic esters (lactones) is 4. The van der Waals surface area contributed by atoms with E-state index in [2.05, 4.69) is 15.5 Å². The molecule has 0 fully saturated rings. The van der Waals surface area contributed by atoms with Crippen LogP contribution in [0.5, 0.6) is 11.5 Å². The summed E-state index contributed by atoms with van der Waals surface area (Å²) in [6.45, 7) is 5.91. The Morgan fingerprint density at radius 1 is 0.680 bits per heavy atom. The quantitative estimate of drug-likeness (QED) is 0.110. The molecule has 10 heteroatoms. The number of hydrogen-bond donors (Lipinski definition) is 0. The standard InChI is InChI=1S/C40H30O10/c1-20(2)30-17-25(11-15-34(30)48-36(42)27-9-13-29-32(19-27)40(46)50-38(29)44)23-6-4-22(5-7-23)24-10-14-33(21(3)16-24)47-35(41)26-8-12-28-31(18-26)39(45)49-37(28)43/h6,8-20,22H,4-5,7H2,1-3H3. The monoisotopic (exact) mass is 670 g/mol. The summed E-state index contributed by atoms with van der Waals surface area (Å²) in [4.78, 5) is 73.2. The molecule has 0 N–H and O–H groups in total. The molecule has 50 heavy (non-hydrogen) atoms. The summed E-state index contributed by atoms with van der Waals surface area (Å²) in [7, 11) is 0. The van der Waals surface area contributed by atoms with Crippen molar-refractivity contribution in [3.8, 4) is 11.5 Å². The average Bonchev–Trinajstić information content (AvgIpc) is 3.57. The summed E-state index contributed by atoms with van der Waals surface area (Å²) in [5, 5.41) is 0. The van der Waals surface area contributed by atoms with Crippen LogP contribution in [-0.4, -0.2) is 35.8 Å². The fraction of sp³-hybridized carbons (Fsp3) is 0.200. The van der Waals surface area contributed by atoms with Crippen molar-refractivity contribution in [1.82, 2.24) is 0 Å². The molecule has 0 spiro atoms. The number of benzene rings is 4. The van der Waals surface area contributed by atoms with Crippen molar-refractivity contribution in [2.24, 2.45) is 0 Å². The zero-order chi connectivity index (χ0) is 35.3. The number of carbonyl (C=O) groups is 6. The highest BCUT2D eigenvalue weighted by Crippen LogP contribution is 2.39. The van der Waals surface area contributed by atoms with Crippen molar-refractivity contribution < 1.29 is 47.7 Å². The molecule has 7 rings (SSSR count). The maximum atomic E-state index is 13.0. The summed E-state index contributed by atoms with van der Waals surface area (Å²) in [6, 6.07) is 19.8. The van der Waals surface area contributed by atoms with E-state index in [9.17, 15) is 28.8 Å². The third-order valence-electron chi connectivity index (χ3n) is 9.25. The molecule has 1 unspecified atom stereocenters. The van der Waals surface area contributed by atoms with Gasteiger partial charge in [0.2, 0.25) is 0 Å². The molecule has 1 atom stereocenters. The van der Waals surface area contributed by atoms with E-state index >= 15 is 0 Å². The van der Waals surface area contributed by atoms with E-state index in [1.54, 1.807) is 12.1 Å². The second-order valence-electron chi connectivity index (χ2n) is 12.8. The van der Waals surface area contributed by atoms with Gasteiger partial charge in [-0.25, -0.2) is 28.8 Å². The molecular formula is C40H30O10. The molecule has 4 aromatic carbocycles. The smallest absolute Gasteiger partial charge is 0.346 e. The molecule has 2 aliphatic heterocycles. The van der Waals surface area contributed by atoms with E-state index in [0.717, 1.165) is 41.5 Å². The Morgan fingerprint density at radius 2 is 1.24 bits per heavy atom. The van der Waals surface area contributed by atoms with E-state index in [1.807, 2.05) is 45.0 Å². The number of carbonyl (C=O) groups excluding carboxylic acids is 6. The molecular weight excluding hydrogens is 640 g/mol. The maximum absolute atomic E-state index is 13.0. The second-order valence-corrected chi connectivity index (χ2v) is 12.8. The van der Waals surface area contributed by atoms with Gasteiger partial charge in [-0.2, -0.15) is 0 Å². The maximum Gasteiger partial charge on any atom is 0.346 e. The van der Waals surface area contributed by atoms with Gasteiger partial charge in [-0.15, -0.1) is 0 Å². The summed E-state index contributed by atoms with van der Waals surface area (Å²) >= 11 is 0. The van der Waals surface area contributed by atoms with Gasteiger partial charge in [0.05, 0.1) is 33.4 Å². The number of allylic oxidation sites excluding steroid dienone is 2. The van der Waals surface area contributed by atoms with Crippen molar-refractivity contribution in [3.05, 3.63) is 135 Å². The minimum Gasteiger partial charge on any atom is -0.423 e. The number of esters is 6. The highest BCUT2D eigenvalue weighted by Gasteiger charge is 2.32. The van der Waals surface area contributed by atoms with Crippen molar-refractivity contribution in [3.63, 3.8) is 0 Å². The Balaban J connectivity index is 1.02. The topological polar surface area (TPSA) is 139 Å².